The molecule has 1 amide bonds. The molecule has 0 unspecified atom stereocenters. The van der Waals surface area contributed by atoms with Gasteiger partial charge in [0.15, 0.2) is 0 Å². The number of carbonyl (C=O) groups is 2. The molecule has 2 rings (SSSR count). The number of thiophene rings is 1. The number of amides is 1. The zero-order chi connectivity index (χ0) is 13.1. The molecule has 0 radical (unpaired) electrons. The molecule has 1 atom stereocenters. The van der Waals surface area contributed by atoms with E-state index < -0.39 is 12.0 Å². The van der Waals surface area contributed by atoms with Gasteiger partial charge in [0, 0.05) is 6.54 Å². The normalized spacial score (nSPS) is 19.8. The molecule has 4 nitrogen and oxygen atoms in total. The Labute approximate surface area is 110 Å². The van der Waals surface area contributed by atoms with Crippen LogP contribution in [0.3, 0.4) is 0 Å². The first kappa shape index (κ1) is 13.1. The number of aryl methyl sites for hydroxylation is 1. The lowest BCUT2D eigenvalue weighted by Gasteiger charge is -2.32. The summed E-state index contributed by atoms with van der Waals surface area (Å²) in [4.78, 5) is 25.9. The molecule has 1 aromatic heterocycles. The maximum absolute atomic E-state index is 12.4. The van der Waals surface area contributed by atoms with Gasteiger partial charge in [0.1, 0.15) is 6.04 Å². The molecule has 1 fully saturated rings. The number of hydrogen-bond acceptors (Lipinski definition) is 3. The van der Waals surface area contributed by atoms with Gasteiger partial charge in [-0.1, -0.05) is 6.92 Å². The number of carboxylic acids is 1. The topological polar surface area (TPSA) is 57.6 Å². The van der Waals surface area contributed by atoms with Crippen molar-refractivity contribution in [3.8, 4) is 0 Å². The monoisotopic (exact) mass is 267 g/mol. The predicted octanol–water partition coefficient (Wildman–Crippen LogP) is 2.39. The number of hydrogen-bond donors (Lipinski definition) is 1. The van der Waals surface area contributed by atoms with Gasteiger partial charge < -0.3 is 10.0 Å². The lowest BCUT2D eigenvalue weighted by molar-refractivity contribution is -0.143. The summed E-state index contributed by atoms with van der Waals surface area (Å²) >= 11 is 1.41. The third-order valence-corrected chi connectivity index (χ3v) is 4.32. The maximum atomic E-state index is 12.4. The fourth-order valence-electron chi connectivity index (χ4n) is 2.36. The first-order chi connectivity index (χ1) is 8.65. The second-order valence-electron chi connectivity index (χ2n) is 4.48. The van der Waals surface area contributed by atoms with Crippen molar-refractivity contribution in [1.82, 2.24) is 4.90 Å². The molecule has 2 heterocycles. The lowest BCUT2D eigenvalue weighted by atomic mass is 10.0. The summed E-state index contributed by atoms with van der Waals surface area (Å²) in [6.45, 7) is 2.56. The third-order valence-electron chi connectivity index (χ3n) is 3.37. The first-order valence-corrected chi connectivity index (χ1v) is 7.13. The summed E-state index contributed by atoms with van der Waals surface area (Å²) in [5.41, 5.74) is 1.01. The number of piperidine rings is 1. The largest absolute Gasteiger partial charge is 0.480 e. The van der Waals surface area contributed by atoms with Gasteiger partial charge in [0.05, 0.1) is 4.88 Å². The van der Waals surface area contributed by atoms with Crippen LogP contribution in [-0.2, 0) is 11.2 Å². The van der Waals surface area contributed by atoms with Gasteiger partial charge in [-0.2, -0.15) is 0 Å². The van der Waals surface area contributed by atoms with E-state index in [1.807, 2.05) is 18.4 Å². The summed E-state index contributed by atoms with van der Waals surface area (Å²) in [5.74, 6) is -1.01. The summed E-state index contributed by atoms with van der Waals surface area (Å²) in [6.07, 6.45) is 3.14. The van der Waals surface area contributed by atoms with Crippen LogP contribution in [0.15, 0.2) is 11.4 Å². The average Bonchev–Trinajstić information content (AvgIpc) is 2.86. The minimum Gasteiger partial charge on any atom is -0.480 e. The van der Waals surface area contributed by atoms with Crippen LogP contribution in [0.5, 0.6) is 0 Å². The van der Waals surface area contributed by atoms with E-state index >= 15 is 0 Å². The quantitative estimate of drug-likeness (QED) is 0.914. The highest BCUT2D eigenvalue weighted by Gasteiger charge is 2.33. The van der Waals surface area contributed by atoms with Gasteiger partial charge in [-0.15, -0.1) is 11.3 Å². The highest BCUT2D eigenvalue weighted by atomic mass is 32.1. The van der Waals surface area contributed by atoms with Crippen molar-refractivity contribution >= 4 is 23.2 Å². The lowest BCUT2D eigenvalue weighted by Crippen LogP contribution is -2.47. The van der Waals surface area contributed by atoms with Crippen LogP contribution >= 0.6 is 11.3 Å². The van der Waals surface area contributed by atoms with Crippen molar-refractivity contribution in [1.29, 1.82) is 0 Å². The van der Waals surface area contributed by atoms with Gasteiger partial charge >= 0.3 is 5.97 Å². The molecular formula is C13H17NO3S. The standard InChI is InChI=1S/C13H17NO3S/c1-2-9-6-8-18-11(9)12(15)14-7-4-3-5-10(14)13(16)17/h6,8,10H,2-5,7H2,1H3,(H,16,17)/t10-/m1/s1. The summed E-state index contributed by atoms with van der Waals surface area (Å²) in [7, 11) is 0. The maximum Gasteiger partial charge on any atom is 0.326 e. The summed E-state index contributed by atoms with van der Waals surface area (Å²) < 4.78 is 0. The van der Waals surface area contributed by atoms with E-state index in [0.29, 0.717) is 17.8 Å². The van der Waals surface area contributed by atoms with Crippen LogP contribution < -0.4 is 0 Å². The smallest absolute Gasteiger partial charge is 0.326 e. The van der Waals surface area contributed by atoms with Gasteiger partial charge in [-0.3, -0.25) is 4.79 Å². The van der Waals surface area contributed by atoms with E-state index in [9.17, 15) is 14.7 Å². The molecule has 0 bridgehead atoms. The minimum atomic E-state index is -0.891. The molecule has 1 aliphatic heterocycles. The number of carbonyl (C=O) groups excluding carboxylic acids is 1. The first-order valence-electron chi connectivity index (χ1n) is 6.25. The predicted molar refractivity (Wildman–Crippen MR) is 70.0 cm³/mol. The zero-order valence-electron chi connectivity index (χ0n) is 10.4. The molecule has 5 heteroatoms. The second-order valence-corrected chi connectivity index (χ2v) is 5.39. The van der Waals surface area contributed by atoms with Crippen LogP contribution in [0, 0.1) is 0 Å². The summed E-state index contributed by atoms with van der Waals surface area (Å²) in [5, 5.41) is 11.1. The van der Waals surface area contributed by atoms with E-state index in [0.717, 1.165) is 24.8 Å². The van der Waals surface area contributed by atoms with Gasteiger partial charge in [-0.05, 0) is 42.7 Å². The van der Waals surface area contributed by atoms with E-state index in [1.165, 1.54) is 16.2 Å². The molecule has 1 saturated heterocycles. The van der Waals surface area contributed by atoms with Crippen molar-refractivity contribution in [3.63, 3.8) is 0 Å². The fourth-order valence-corrected chi connectivity index (χ4v) is 3.31. The number of aliphatic carboxylic acids is 1. The Morgan fingerprint density at radius 2 is 2.28 bits per heavy atom. The van der Waals surface area contributed by atoms with Gasteiger partial charge in [0.25, 0.3) is 5.91 Å². The zero-order valence-corrected chi connectivity index (χ0v) is 11.2. The Bertz CT molecular complexity index is 455. The van der Waals surface area contributed by atoms with Crippen LogP contribution in [0.4, 0.5) is 0 Å². The van der Waals surface area contributed by atoms with Crippen molar-refractivity contribution < 1.29 is 14.7 Å². The van der Waals surface area contributed by atoms with Crippen molar-refractivity contribution in [2.75, 3.05) is 6.54 Å². The van der Waals surface area contributed by atoms with Crippen molar-refractivity contribution in [2.45, 2.75) is 38.6 Å². The van der Waals surface area contributed by atoms with E-state index in [1.54, 1.807) is 0 Å². The Balaban J connectivity index is 2.23. The molecule has 18 heavy (non-hydrogen) atoms. The molecule has 1 N–H and O–H groups in total. The molecule has 1 aliphatic rings. The number of nitrogens with zero attached hydrogens (tertiary/aromatic N) is 1. The SMILES string of the molecule is CCc1ccsc1C(=O)N1CCCC[C@@H]1C(=O)O. The summed E-state index contributed by atoms with van der Waals surface area (Å²) in [6, 6.07) is 1.29. The van der Waals surface area contributed by atoms with Gasteiger partial charge in [0.2, 0.25) is 0 Å². The average molecular weight is 267 g/mol. The molecule has 0 saturated carbocycles. The molecule has 0 spiro atoms. The van der Waals surface area contributed by atoms with Crippen molar-refractivity contribution in [3.05, 3.63) is 21.9 Å². The minimum absolute atomic E-state index is 0.117. The van der Waals surface area contributed by atoms with Crippen LogP contribution in [-0.4, -0.2) is 34.5 Å². The van der Waals surface area contributed by atoms with Crippen LogP contribution in [0.1, 0.15) is 41.4 Å². The second kappa shape index (κ2) is 5.52. The van der Waals surface area contributed by atoms with Crippen LogP contribution in [0.25, 0.3) is 0 Å². The molecule has 0 aromatic carbocycles. The molecule has 1 aromatic rings. The fraction of sp³-hybridized carbons (Fsp3) is 0.538. The molecular weight excluding hydrogens is 250 g/mol. The number of likely N-dealkylation sites (tertiary alicyclic amines) is 1. The van der Waals surface area contributed by atoms with Gasteiger partial charge in [-0.25, -0.2) is 4.79 Å². The Morgan fingerprint density at radius 1 is 1.50 bits per heavy atom. The highest BCUT2D eigenvalue weighted by molar-refractivity contribution is 7.12. The van der Waals surface area contributed by atoms with Crippen molar-refractivity contribution in [2.24, 2.45) is 0 Å². The van der Waals surface area contributed by atoms with E-state index in [2.05, 4.69) is 0 Å². The molecule has 98 valence electrons. The van der Waals surface area contributed by atoms with E-state index in [4.69, 9.17) is 0 Å². The third kappa shape index (κ3) is 2.41. The number of rotatable bonds is 3. The highest BCUT2D eigenvalue weighted by Crippen LogP contribution is 2.24. The van der Waals surface area contributed by atoms with Crippen LogP contribution in [0.2, 0.25) is 0 Å². The Hall–Kier alpha value is -1.36. The molecule has 0 aliphatic carbocycles. The Kier molecular flexibility index (Phi) is 4.01. The number of carboxylic acid groups (broad SMARTS) is 1. The van der Waals surface area contributed by atoms with E-state index in [-0.39, 0.29) is 5.91 Å². The Morgan fingerprint density at radius 3 is 2.94 bits per heavy atom.